The molecule has 0 fully saturated rings. The third kappa shape index (κ3) is 3.29. The van der Waals surface area contributed by atoms with Gasteiger partial charge in [-0.3, -0.25) is 4.79 Å². The first kappa shape index (κ1) is 18.4. The maximum Gasteiger partial charge on any atom is 0.191 e. The van der Waals surface area contributed by atoms with Crippen molar-refractivity contribution < 1.29 is 13.2 Å². The molecule has 0 saturated heterocycles. The molecule has 0 aliphatic rings. The van der Waals surface area contributed by atoms with Gasteiger partial charge in [0.05, 0.1) is 4.90 Å². The van der Waals surface area contributed by atoms with Gasteiger partial charge in [-0.2, -0.15) is 0 Å². The second-order valence-electron chi connectivity index (χ2n) is 5.96. The Labute approximate surface area is 144 Å². The van der Waals surface area contributed by atoms with E-state index in [0.29, 0.717) is 18.4 Å². The van der Waals surface area contributed by atoms with Crippen molar-refractivity contribution in [3.8, 4) is 0 Å². The highest BCUT2D eigenvalue weighted by atomic mass is 32.2. The summed E-state index contributed by atoms with van der Waals surface area (Å²) in [5.41, 5.74) is 0.454. The largest absolute Gasteiger partial charge is 0.292 e. The standard InChI is InChI=1S/C20H24O3S/c1-3-5-16-20(4-2,19(21)17-12-8-6-9-13-17)24(22,23)18-14-10-7-11-15-18/h6-15H,3-5,16H2,1-2H3. The van der Waals surface area contributed by atoms with Crippen molar-refractivity contribution in [2.75, 3.05) is 0 Å². The molecule has 0 aromatic heterocycles. The molecule has 0 aliphatic carbocycles. The van der Waals surface area contributed by atoms with E-state index in [2.05, 4.69) is 0 Å². The zero-order chi connectivity index (χ0) is 17.6. The van der Waals surface area contributed by atoms with Crippen molar-refractivity contribution in [2.45, 2.75) is 49.2 Å². The molecule has 24 heavy (non-hydrogen) atoms. The molecule has 3 nitrogen and oxygen atoms in total. The van der Waals surface area contributed by atoms with Gasteiger partial charge >= 0.3 is 0 Å². The van der Waals surface area contributed by atoms with Gasteiger partial charge in [0, 0.05) is 5.56 Å². The van der Waals surface area contributed by atoms with Crippen LogP contribution in [0.2, 0.25) is 0 Å². The van der Waals surface area contributed by atoms with Crippen molar-refractivity contribution in [1.82, 2.24) is 0 Å². The van der Waals surface area contributed by atoms with E-state index in [9.17, 15) is 13.2 Å². The Balaban J connectivity index is 2.61. The van der Waals surface area contributed by atoms with Crippen LogP contribution in [0.5, 0.6) is 0 Å². The number of hydrogen-bond donors (Lipinski definition) is 0. The number of sulfone groups is 1. The third-order valence-electron chi connectivity index (χ3n) is 4.52. The summed E-state index contributed by atoms with van der Waals surface area (Å²) in [5, 5.41) is 0. The number of rotatable bonds is 8. The summed E-state index contributed by atoms with van der Waals surface area (Å²) in [6, 6.07) is 17.1. The number of carbonyl (C=O) groups is 1. The Kier molecular flexibility index (Phi) is 5.94. The quantitative estimate of drug-likeness (QED) is 0.653. The normalized spacial score (nSPS) is 14.1. The number of carbonyl (C=O) groups excluding carboxylic acids is 1. The molecule has 128 valence electrons. The molecule has 1 unspecified atom stereocenters. The molecule has 2 aromatic rings. The van der Waals surface area contributed by atoms with Crippen molar-refractivity contribution in [3.05, 3.63) is 66.2 Å². The maximum absolute atomic E-state index is 13.4. The number of hydrogen-bond acceptors (Lipinski definition) is 3. The molecular formula is C20H24O3S. The van der Waals surface area contributed by atoms with Crippen LogP contribution in [0.15, 0.2) is 65.6 Å². The van der Waals surface area contributed by atoms with E-state index in [1.54, 1.807) is 61.5 Å². The van der Waals surface area contributed by atoms with Crippen LogP contribution < -0.4 is 0 Å². The Morgan fingerprint density at radius 3 is 1.96 bits per heavy atom. The van der Waals surface area contributed by atoms with E-state index < -0.39 is 14.6 Å². The Morgan fingerprint density at radius 2 is 1.46 bits per heavy atom. The Hall–Kier alpha value is -1.94. The van der Waals surface area contributed by atoms with Gasteiger partial charge in [0.25, 0.3) is 0 Å². The first-order chi connectivity index (χ1) is 11.5. The number of ketones is 1. The monoisotopic (exact) mass is 344 g/mol. The minimum Gasteiger partial charge on any atom is -0.292 e. The average molecular weight is 344 g/mol. The second-order valence-corrected chi connectivity index (χ2v) is 8.22. The molecule has 0 bridgehead atoms. The summed E-state index contributed by atoms with van der Waals surface area (Å²) < 4.78 is 25.4. The summed E-state index contributed by atoms with van der Waals surface area (Å²) in [6.45, 7) is 3.79. The summed E-state index contributed by atoms with van der Waals surface area (Å²) in [5.74, 6) is -0.303. The molecule has 0 saturated carbocycles. The van der Waals surface area contributed by atoms with E-state index in [1.165, 1.54) is 0 Å². The van der Waals surface area contributed by atoms with Gasteiger partial charge < -0.3 is 0 Å². The predicted octanol–water partition coefficient (Wildman–Crippen LogP) is 4.68. The number of benzene rings is 2. The maximum atomic E-state index is 13.4. The molecular weight excluding hydrogens is 320 g/mol. The molecule has 0 spiro atoms. The second kappa shape index (κ2) is 7.75. The van der Waals surface area contributed by atoms with Gasteiger partial charge in [-0.05, 0) is 25.0 Å². The molecule has 0 amide bonds. The van der Waals surface area contributed by atoms with E-state index in [-0.39, 0.29) is 17.1 Å². The van der Waals surface area contributed by atoms with Crippen molar-refractivity contribution in [1.29, 1.82) is 0 Å². The van der Waals surface area contributed by atoms with Crippen molar-refractivity contribution in [2.24, 2.45) is 0 Å². The minimum absolute atomic E-state index is 0.215. The zero-order valence-corrected chi connectivity index (χ0v) is 15.1. The highest BCUT2D eigenvalue weighted by molar-refractivity contribution is 7.93. The fourth-order valence-corrected chi connectivity index (χ4v) is 5.16. The number of unbranched alkanes of at least 4 members (excludes halogenated alkanes) is 1. The summed E-state index contributed by atoms with van der Waals surface area (Å²) >= 11 is 0. The first-order valence-corrected chi connectivity index (χ1v) is 9.87. The van der Waals surface area contributed by atoms with Crippen LogP contribution in [0.25, 0.3) is 0 Å². The summed E-state index contributed by atoms with van der Waals surface area (Å²) in [7, 11) is -3.78. The SMILES string of the molecule is CCCCC(CC)(C(=O)c1ccccc1)S(=O)(=O)c1ccccc1. The lowest BCUT2D eigenvalue weighted by Gasteiger charge is -2.31. The molecule has 1 atom stereocenters. The van der Waals surface area contributed by atoms with Crippen LogP contribution in [0.3, 0.4) is 0 Å². The van der Waals surface area contributed by atoms with Crippen LogP contribution in [0.1, 0.15) is 49.9 Å². The van der Waals surface area contributed by atoms with E-state index in [4.69, 9.17) is 0 Å². The van der Waals surface area contributed by atoms with Gasteiger partial charge in [0.1, 0.15) is 4.75 Å². The van der Waals surface area contributed by atoms with Gasteiger partial charge in [0.2, 0.25) is 0 Å². The third-order valence-corrected chi connectivity index (χ3v) is 7.12. The summed E-state index contributed by atoms with van der Waals surface area (Å²) in [6.07, 6.45) is 2.13. The number of Topliss-reactive ketones (excluding diaryl/α,β-unsaturated/α-hetero) is 1. The van der Waals surface area contributed by atoms with Crippen LogP contribution in [-0.2, 0) is 9.84 Å². The molecule has 2 aromatic carbocycles. The summed E-state index contributed by atoms with van der Waals surface area (Å²) in [4.78, 5) is 13.5. The van der Waals surface area contributed by atoms with Crippen molar-refractivity contribution in [3.63, 3.8) is 0 Å². The van der Waals surface area contributed by atoms with Gasteiger partial charge in [-0.15, -0.1) is 0 Å². The topological polar surface area (TPSA) is 51.2 Å². The van der Waals surface area contributed by atoms with E-state index in [0.717, 1.165) is 6.42 Å². The van der Waals surface area contributed by atoms with Gasteiger partial charge in [-0.25, -0.2) is 8.42 Å². The lowest BCUT2D eigenvalue weighted by atomic mass is 9.89. The molecule has 4 heteroatoms. The molecule has 0 radical (unpaired) electrons. The fourth-order valence-electron chi connectivity index (χ4n) is 3.04. The molecule has 0 heterocycles. The van der Waals surface area contributed by atoms with Crippen LogP contribution in [0, 0.1) is 0 Å². The lowest BCUT2D eigenvalue weighted by Crippen LogP contribution is -2.46. The predicted molar refractivity (Wildman–Crippen MR) is 96.9 cm³/mol. The van der Waals surface area contributed by atoms with Crippen molar-refractivity contribution >= 4 is 15.6 Å². The Bertz CT molecular complexity index is 767. The smallest absolute Gasteiger partial charge is 0.191 e. The average Bonchev–Trinajstić information content (AvgIpc) is 2.63. The molecule has 0 aliphatic heterocycles. The van der Waals surface area contributed by atoms with E-state index in [1.807, 2.05) is 13.0 Å². The highest BCUT2D eigenvalue weighted by Crippen LogP contribution is 2.36. The van der Waals surface area contributed by atoms with Gasteiger partial charge in [-0.1, -0.05) is 75.2 Å². The fraction of sp³-hybridized carbons (Fsp3) is 0.350. The molecule has 0 N–H and O–H groups in total. The Morgan fingerprint density at radius 1 is 0.917 bits per heavy atom. The van der Waals surface area contributed by atoms with Crippen LogP contribution in [-0.4, -0.2) is 18.9 Å². The lowest BCUT2D eigenvalue weighted by molar-refractivity contribution is 0.0927. The van der Waals surface area contributed by atoms with Crippen LogP contribution >= 0.6 is 0 Å². The van der Waals surface area contributed by atoms with Crippen LogP contribution in [0.4, 0.5) is 0 Å². The van der Waals surface area contributed by atoms with Gasteiger partial charge in [0.15, 0.2) is 15.6 Å². The zero-order valence-electron chi connectivity index (χ0n) is 14.2. The molecule has 2 rings (SSSR count). The minimum atomic E-state index is -3.78. The highest BCUT2D eigenvalue weighted by Gasteiger charge is 2.49. The van der Waals surface area contributed by atoms with E-state index >= 15 is 0 Å². The first-order valence-electron chi connectivity index (χ1n) is 8.39.